The number of carbonyl (C=O) groups is 2. The van der Waals surface area contributed by atoms with Crippen molar-refractivity contribution < 1.29 is 14.8 Å². The van der Waals surface area contributed by atoms with Gasteiger partial charge >= 0.3 is 0 Å². The Bertz CT molecular complexity index is 674. The first-order valence-electron chi connectivity index (χ1n) is 8.57. The van der Waals surface area contributed by atoms with Gasteiger partial charge in [0.25, 0.3) is 0 Å². The van der Waals surface area contributed by atoms with Gasteiger partial charge in [0.1, 0.15) is 0 Å². The lowest BCUT2D eigenvalue weighted by atomic mass is 10.0. The monoisotopic (exact) mass is 360 g/mol. The number of hydrogen-bond acceptors (Lipinski definition) is 6. The molecule has 9 nitrogen and oxygen atoms in total. The predicted octanol–water partition coefficient (Wildman–Crippen LogP) is 1.75. The maximum Gasteiger partial charge on any atom is 0.243 e. The van der Waals surface area contributed by atoms with Crippen LogP contribution in [0.5, 0.6) is 0 Å². The lowest BCUT2D eigenvalue weighted by Gasteiger charge is -2.19. The average molecular weight is 360 g/mol. The van der Waals surface area contributed by atoms with E-state index in [1.54, 1.807) is 12.1 Å². The number of nitrogens with one attached hydrogen (secondary N) is 2. The van der Waals surface area contributed by atoms with Gasteiger partial charge in [0.2, 0.25) is 12.3 Å². The maximum atomic E-state index is 12.3. The summed E-state index contributed by atoms with van der Waals surface area (Å²) in [5.74, 6) is 0.207. The van der Waals surface area contributed by atoms with Crippen molar-refractivity contribution in [2.45, 2.75) is 32.6 Å². The molecule has 0 radical (unpaired) electrons. The highest BCUT2D eigenvalue weighted by Crippen LogP contribution is 2.12. The van der Waals surface area contributed by atoms with Crippen LogP contribution in [0.3, 0.4) is 0 Å². The predicted molar refractivity (Wildman–Crippen MR) is 95.3 cm³/mol. The smallest absolute Gasteiger partial charge is 0.243 e. The van der Waals surface area contributed by atoms with Crippen LogP contribution in [-0.4, -0.2) is 43.9 Å². The van der Waals surface area contributed by atoms with Gasteiger partial charge in [-0.3, -0.25) is 25.6 Å². The van der Waals surface area contributed by atoms with Crippen LogP contribution in [0.1, 0.15) is 32.6 Å². The second-order valence-electron chi connectivity index (χ2n) is 5.90. The third-order valence-corrected chi connectivity index (χ3v) is 3.89. The van der Waals surface area contributed by atoms with Crippen LogP contribution in [-0.2, 0) is 9.59 Å². The molecular formula is C17H24N6O3. The molecule has 0 aliphatic heterocycles. The van der Waals surface area contributed by atoms with E-state index in [1.807, 2.05) is 29.1 Å². The number of unbranched alkanes of at least 4 members (excludes halogenated alkanes) is 2. The van der Waals surface area contributed by atoms with Gasteiger partial charge in [0.15, 0.2) is 11.6 Å². The molecule has 0 aromatic carbocycles. The first kappa shape index (κ1) is 19.4. The first-order valence-corrected chi connectivity index (χ1v) is 8.57. The topological polar surface area (TPSA) is 112 Å². The molecule has 2 aromatic rings. The third-order valence-electron chi connectivity index (χ3n) is 3.89. The van der Waals surface area contributed by atoms with E-state index in [0.29, 0.717) is 29.5 Å². The molecule has 140 valence electrons. The fourth-order valence-corrected chi connectivity index (χ4v) is 2.46. The standard InChI is InChI=1S/C17H24N6O3/c1-2-3-4-7-14(12-23(26)13-24)17(25)21-19-15-8-9-16(20-18-15)22-10-5-6-11-22/h5-6,8-11,13-14,26H,2-4,7,12H2,1H3,(H,18,19)(H,21,25)/t14-/m0/s1. The van der Waals surface area contributed by atoms with Crippen LogP contribution in [0.25, 0.3) is 5.82 Å². The minimum atomic E-state index is -0.517. The number of hydrazine groups is 1. The molecule has 0 fully saturated rings. The minimum Gasteiger partial charge on any atom is -0.307 e. The van der Waals surface area contributed by atoms with Gasteiger partial charge in [-0.15, -0.1) is 10.2 Å². The summed E-state index contributed by atoms with van der Waals surface area (Å²) in [5, 5.41) is 17.9. The van der Waals surface area contributed by atoms with Crippen molar-refractivity contribution in [3.8, 4) is 5.82 Å². The molecule has 0 unspecified atom stereocenters. The summed E-state index contributed by atoms with van der Waals surface area (Å²) < 4.78 is 1.81. The summed E-state index contributed by atoms with van der Waals surface area (Å²) in [6.07, 6.45) is 7.42. The van der Waals surface area contributed by atoms with Crippen LogP contribution in [0.2, 0.25) is 0 Å². The molecule has 2 amide bonds. The number of amides is 2. The quantitative estimate of drug-likeness (QED) is 0.244. The molecule has 0 saturated carbocycles. The average Bonchev–Trinajstić information content (AvgIpc) is 3.20. The van der Waals surface area contributed by atoms with Gasteiger partial charge in [-0.2, -0.15) is 0 Å². The Hall–Kier alpha value is -2.94. The first-order chi connectivity index (χ1) is 12.6. The lowest BCUT2D eigenvalue weighted by molar-refractivity contribution is -0.154. The number of hydroxylamine groups is 2. The van der Waals surface area contributed by atoms with E-state index in [4.69, 9.17) is 0 Å². The molecule has 0 aliphatic rings. The zero-order valence-corrected chi connectivity index (χ0v) is 14.7. The molecule has 0 saturated heterocycles. The zero-order valence-electron chi connectivity index (χ0n) is 14.7. The molecule has 26 heavy (non-hydrogen) atoms. The van der Waals surface area contributed by atoms with Crippen molar-refractivity contribution in [1.29, 1.82) is 0 Å². The minimum absolute atomic E-state index is 0.0566. The second kappa shape index (κ2) is 10.1. The number of aromatic nitrogens is 3. The summed E-state index contributed by atoms with van der Waals surface area (Å²) in [5.41, 5.74) is 5.27. The van der Waals surface area contributed by atoms with Crippen LogP contribution in [0.15, 0.2) is 36.7 Å². The molecule has 3 N–H and O–H groups in total. The molecule has 1 atom stereocenters. The largest absolute Gasteiger partial charge is 0.307 e. The van der Waals surface area contributed by atoms with Gasteiger partial charge in [-0.25, -0.2) is 5.06 Å². The van der Waals surface area contributed by atoms with Crippen molar-refractivity contribution in [3.05, 3.63) is 36.7 Å². The van der Waals surface area contributed by atoms with Gasteiger partial charge in [0, 0.05) is 12.4 Å². The summed E-state index contributed by atoms with van der Waals surface area (Å²) >= 11 is 0. The van der Waals surface area contributed by atoms with Crippen LogP contribution in [0, 0.1) is 5.92 Å². The van der Waals surface area contributed by atoms with Crippen molar-refractivity contribution in [3.63, 3.8) is 0 Å². The van der Waals surface area contributed by atoms with E-state index < -0.39 is 5.92 Å². The Morgan fingerprint density at radius 3 is 2.69 bits per heavy atom. The number of hydrogen-bond donors (Lipinski definition) is 3. The van der Waals surface area contributed by atoms with Crippen molar-refractivity contribution in [1.82, 2.24) is 25.3 Å². The van der Waals surface area contributed by atoms with E-state index in [0.717, 1.165) is 19.3 Å². The summed E-state index contributed by atoms with van der Waals surface area (Å²) in [6.45, 7) is 2.01. The van der Waals surface area contributed by atoms with Gasteiger partial charge in [0.05, 0.1) is 12.5 Å². The Morgan fingerprint density at radius 2 is 2.08 bits per heavy atom. The molecule has 0 bridgehead atoms. The van der Waals surface area contributed by atoms with Crippen molar-refractivity contribution in [2.75, 3.05) is 12.0 Å². The number of nitrogens with zero attached hydrogens (tertiary/aromatic N) is 4. The summed E-state index contributed by atoms with van der Waals surface area (Å²) in [4.78, 5) is 22.9. The Kier molecular flexibility index (Phi) is 7.56. The van der Waals surface area contributed by atoms with Gasteiger partial charge in [-0.1, -0.05) is 26.2 Å². The fourth-order valence-electron chi connectivity index (χ4n) is 2.46. The van der Waals surface area contributed by atoms with Crippen molar-refractivity contribution >= 4 is 18.1 Å². The highest BCUT2D eigenvalue weighted by Gasteiger charge is 2.20. The SMILES string of the molecule is CCCCC[C@@H](CN(O)C=O)C(=O)NNc1ccc(-n2cccc2)nn1. The molecule has 0 aliphatic carbocycles. The maximum absolute atomic E-state index is 12.3. The highest BCUT2D eigenvalue weighted by molar-refractivity contribution is 5.80. The Morgan fingerprint density at radius 1 is 1.31 bits per heavy atom. The number of carbonyl (C=O) groups excluding carboxylic acids is 2. The van der Waals surface area contributed by atoms with Gasteiger partial charge in [-0.05, 0) is 30.7 Å². The fraction of sp³-hybridized carbons (Fsp3) is 0.412. The van der Waals surface area contributed by atoms with Crippen LogP contribution in [0.4, 0.5) is 5.82 Å². The molecule has 2 aromatic heterocycles. The molecular weight excluding hydrogens is 336 g/mol. The van der Waals surface area contributed by atoms with E-state index in [2.05, 4.69) is 28.0 Å². The van der Waals surface area contributed by atoms with E-state index in [9.17, 15) is 14.8 Å². The van der Waals surface area contributed by atoms with Crippen molar-refractivity contribution in [2.24, 2.45) is 5.92 Å². The van der Waals surface area contributed by atoms with E-state index in [-0.39, 0.29) is 12.5 Å². The molecule has 0 spiro atoms. The molecule has 9 heteroatoms. The molecule has 2 heterocycles. The highest BCUT2D eigenvalue weighted by atomic mass is 16.5. The Balaban J connectivity index is 1.89. The summed E-state index contributed by atoms with van der Waals surface area (Å²) in [6, 6.07) is 7.23. The van der Waals surface area contributed by atoms with Gasteiger partial charge < -0.3 is 4.57 Å². The lowest BCUT2D eigenvalue weighted by Crippen LogP contribution is -2.40. The second-order valence-corrected chi connectivity index (χ2v) is 5.90. The zero-order chi connectivity index (χ0) is 18.8. The number of anilines is 1. The van der Waals surface area contributed by atoms with E-state index in [1.165, 1.54) is 0 Å². The van der Waals surface area contributed by atoms with Crippen LogP contribution < -0.4 is 10.9 Å². The number of rotatable bonds is 11. The Labute approximate surface area is 152 Å². The van der Waals surface area contributed by atoms with Crippen LogP contribution >= 0.6 is 0 Å². The normalized spacial score (nSPS) is 11.6. The third kappa shape index (κ3) is 5.85. The summed E-state index contributed by atoms with van der Waals surface area (Å²) in [7, 11) is 0. The van der Waals surface area contributed by atoms with E-state index >= 15 is 0 Å². The molecule has 2 rings (SSSR count).